The number of nitrogens with zero attached hydrogens (tertiary/aromatic N) is 2. The zero-order valence-electron chi connectivity index (χ0n) is 7.43. The highest BCUT2D eigenvalue weighted by Gasteiger charge is 2.00. The number of halogens is 1. The van der Waals surface area contributed by atoms with Gasteiger partial charge in [0.25, 0.3) is 0 Å². The maximum absolute atomic E-state index is 4.22. The fourth-order valence-electron chi connectivity index (χ4n) is 0.853. The van der Waals surface area contributed by atoms with Gasteiger partial charge in [0.15, 0.2) is 0 Å². The third-order valence-electron chi connectivity index (χ3n) is 1.24. The Bertz CT molecular complexity index is 253. The van der Waals surface area contributed by atoms with Gasteiger partial charge >= 0.3 is 0 Å². The Labute approximate surface area is 80.7 Å². The van der Waals surface area contributed by atoms with Gasteiger partial charge in [0.1, 0.15) is 4.60 Å². The van der Waals surface area contributed by atoms with E-state index in [1.165, 1.54) is 0 Å². The van der Waals surface area contributed by atoms with Crippen molar-refractivity contribution in [2.75, 3.05) is 5.32 Å². The second kappa shape index (κ2) is 3.85. The van der Waals surface area contributed by atoms with E-state index in [4.69, 9.17) is 0 Å². The summed E-state index contributed by atoms with van der Waals surface area (Å²) in [7, 11) is 0. The van der Waals surface area contributed by atoms with Gasteiger partial charge in [-0.15, -0.1) is 0 Å². The van der Waals surface area contributed by atoms with Crippen molar-refractivity contribution in [2.45, 2.75) is 26.8 Å². The van der Waals surface area contributed by atoms with Gasteiger partial charge in [-0.2, -0.15) is 0 Å². The predicted molar refractivity (Wildman–Crippen MR) is 53.2 cm³/mol. The summed E-state index contributed by atoms with van der Waals surface area (Å²) in [6.07, 6.45) is 0. The van der Waals surface area contributed by atoms with Crippen LogP contribution in [-0.4, -0.2) is 16.0 Å². The molecule has 1 N–H and O–H groups in total. The molecule has 0 aromatic carbocycles. The van der Waals surface area contributed by atoms with Crippen molar-refractivity contribution in [3.8, 4) is 0 Å². The summed E-state index contributed by atoms with van der Waals surface area (Å²) < 4.78 is 0.818. The van der Waals surface area contributed by atoms with Gasteiger partial charge in [-0.3, -0.25) is 0 Å². The lowest BCUT2D eigenvalue weighted by Gasteiger charge is -2.08. The molecule has 3 nitrogen and oxygen atoms in total. The number of hydrogen-bond donors (Lipinski definition) is 1. The number of hydrogen-bond acceptors (Lipinski definition) is 3. The van der Waals surface area contributed by atoms with Crippen LogP contribution >= 0.6 is 15.9 Å². The van der Waals surface area contributed by atoms with Crippen LogP contribution in [0.5, 0.6) is 0 Å². The first-order valence-electron chi connectivity index (χ1n) is 3.85. The Morgan fingerprint density at radius 2 is 2.08 bits per heavy atom. The van der Waals surface area contributed by atoms with E-state index in [0.717, 1.165) is 10.3 Å². The molecule has 1 aromatic rings. The van der Waals surface area contributed by atoms with Crippen molar-refractivity contribution in [1.29, 1.82) is 0 Å². The molecule has 0 fully saturated rings. The van der Waals surface area contributed by atoms with Crippen molar-refractivity contribution in [2.24, 2.45) is 0 Å². The van der Waals surface area contributed by atoms with Crippen LogP contribution in [-0.2, 0) is 0 Å². The van der Waals surface area contributed by atoms with Crippen molar-refractivity contribution >= 4 is 21.9 Å². The van der Waals surface area contributed by atoms with Crippen molar-refractivity contribution in [1.82, 2.24) is 9.97 Å². The first-order valence-corrected chi connectivity index (χ1v) is 4.65. The van der Waals surface area contributed by atoms with E-state index < -0.39 is 0 Å². The van der Waals surface area contributed by atoms with E-state index in [2.05, 4.69) is 45.1 Å². The highest BCUT2D eigenvalue weighted by molar-refractivity contribution is 9.10. The molecule has 0 saturated heterocycles. The van der Waals surface area contributed by atoms with Gasteiger partial charge in [0, 0.05) is 11.7 Å². The summed E-state index contributed by atoms with van der Waals surface area (Å²) in [4.78, 5) is 8.39. The van der Waals surface area contributed by atoms with Crippen molar-refractivity contribution in [3.05, 3.63) is 16.4 Å². The molecular formula is C8H12BrN3. The Hall–Kier alpha value is -0.640. The van der Waals surface area contributed by atoms with Crippen LogP contribution in [0.4, 0.5) is 5.95 Å². The summed E-state index contributed by atoms with van der Waals surface area (Å²) in [5.41, 5.74) is 0.958. The third kappa shape index (κ3) is 2.77. The fraction of sp³-hybridized carbons (Fsp3) is 0.500. The van der Waals surface area contributed by atoms with Crippen LogP contribution in [0, 0.1) is 6.92 Å². The summed E-state index contributed by atoms with van der Waals surface area (Å²) in [6.45, 7) is 6.05. The van der Waals surface area contributed by atoms with Crippen molar-refractivity contribution in [3.63, 3.8) is 0 Å². The number of aromatic nitrogens is 2. The molecule has 0 aliphatic heterocycles. The Morgan fingerprint density at radius 1 is 1.42 bits per heavy atom. The summed E-state index contributed by atoms with van der Waals surface area (Å²) in [6, 6.07) is 2.24. The third-order valence-corrected chi connectivity index (χ3v) is 1.65. The molecule has 0 saturated carbocycles. The van der Waals surface area contributed by atoms with E-state index in [1.54, 1.807) is 0 Å². The van der Waals surface area contributed by atoms with E-state index >= 15 is 0 Å². The lowest BCUT2D eigenvalue weighted by Crippen LogP contribution is -2.12. The predicted octanol–water partition coefficient (Wildman–Crippen LogP) is 2.37. The number of rotatable bonds is 2. The number of anilines is 1. The molecule has 0 radical (unpaired) electrons. The fourth-order valence-corrected chi connectivity index (χ4v) is 1.35. The summed E-state index contributed by atoms with van der Waals surface area (Å²) in [5.74, 6) is 0.678. The van der Waals surface area contributed by atoms with Crippen LogP contribution < -0.4 is 5.32 Å². The molecule has 0 amide bonds. The molecule has 0 atom stereocenters. The first-order chi connectivity index (χ1) is 5.58. The maximum atomic E-state index is 4.22. The topological polar surface area (TPSA) is 37.8 Å². The molecule has 0 aliphatic rings. The normalized spacial score (nSPS) is 10.4. The average molecular weight is 230 g/mol. The monoisotopic (exact) mass is 229 g/mol. The molecular weight excluding hydrogens is 218 g/mol. The SMILES string of the molecule is Cc1cc(Br)nc(NC(C)C)n1. The molecule has 0 spiro atoms. The van der Waals surface area contributed by atoms with Crippen LogP contribution in [0.25, 0.3) is 0 Å². The lowest BCUT2D eigenvalue weighted by atomic mass is 10.4. The van der Waals surface area contributed by atoms with Gasteiger partial charge in [0.2, 0.25) is 5.95 Å². The van der Waals surface area contributed by atoms with Crippen LogP contribution in [0.3, 0.4) is 0 Å². The van der Waals surface area contributed by atoms with E-state index in [1.807, 2.05) is 13.0 Å². The largest absolute Gasteiger partial charge is 0.352 e. The quantitative estimate of drug-likeness (QED) is 0.792. The van der Waals surface area contributed by atoms with Crippen LogP contribution in [0.2, 0.25) is 0 Å². The zero-order valence-corrected chi connectivity index (χ0v) is 9.01. The number of nitrogens with one attached hydrogen (secondary N) is 1. The second-order valence-corrected chi connectivity index (χ2v) is 3.77. The molecule has 0 unspecified atom stereocenters. The minimum Gasteiger partial charge on any atom is -0.352 e. The van der Waals surface area contributed by atoms with Crippen molar-refractivity contribution < 1.29 is 0 Å². The van der Waals surface area contributed by atoms with Gasteiger partial charge in [-0.1, -0.05) is 0 Å². The minimum atomic E-state index is 0.360. The molecule has 12 heavy (non-hydrogen) atoms. The Kier molecular flexibility index (Phi) is 3.03. The van der Waals surface area contributed by atoms with Gasteiger partial charge in [-0.25, -0.2) is 9.97 Å². The van der Waals surface area contributed by atoms with Gasteiger partial charge in [-0.05, 0) is 42.8 Å². The summed E-state index contributed by atoms with van der Waals surface area (Å²) in [5, 5.41) is 3.13. The summed E-state index contributed by atoms with van der Waals surface area (Å²) >= 11 is 3.31. The number of aryl methyl sites for hydroxylation is 1. The Balaban J connectivity index is 2.85. The Morgan fingerprint density at radius 3 is 2.58 bits per heavy atom. The van der Waals surface area contributed by atoms with Crippen LogP contribution in [0.1, 0.15) is 19.5 Å². The molecule has 4 heteroatoms. The smallest absolute Gasteiger partial charge is 0.224 e. The first kappa shape index (κ1) is 9.45. The molecule has 0 bridgehead atoms. The second-order valence-electron chi connectivity index (χ2n) is 2.95. The average Bonchev–Trinajstić information content (AvgIpc) is 1.81. The molecule has 0 aliphatic carbocycles. The lowest BCUT2D eigenvalue weighted by molar-refractivity contribution is 0.868. The molecule has 1 heterocycles. The molecule has 66 valence electrons. The standard InChI is InChI=1S/C8H12BrN3/c1-5(2)10-8-11-6(3)4-7(9)12-8/h4-5H,1-3H3,(H,10,11,12). The van der Waals surface area contributed by atoms with E-state index in [0.29, 0.717) is 12.0 Å². The van der Waals surface area contributed by atoms with E-state index in [9.17, 15) is 0 Å². The highest BCUT2D eigenvalue weighted by Crippen LogP contribution is 2.10. The zero-order chi connectivity index (χ0) is 9.14. The molecule has 1 aromatic heterocycles. The van der Waals surface area contributed by atoms with Crippen LogP contribution in [0.15, 0.2) is 10.7 Å². The van der Waals surface area contributed by atoms with E-state index in [-0.39, 0.29) is 0 Å². The minimum absolute atomic E-state index is 0.360. The highest BCUT2D eigenvalue weighted by atomic mass is 79.9. The van der Waals surface area contributed by atoms with Gasteiger partial charge in [0.05, 0.1) is 0 Å². The maximum Gasteiger partial charge on any atom is 0.224 e. The van der Waals surface area contributed by atoms with Gasteiger partial charge < -0.3 is 5.32 Å². The molecule has 1 rings (SSSR count).